The summed E-state index contributed by atoms with van der Waals surface area (Å²) in [6, 6.07) is 16.3. The molecule has 1 aliphatic heterocycles. The van der Waals surface area contributed by atoms with E-state index in [2.05, 4.69) is 28.1 Å². The zero-order valence-electron chi connectivity index (χ0n) is 18.6. The summed E-state index contributed by atoms with van der Waals surface area (Å²) in [5.41, 5.74) is 2.69. The normalized spacial score (nSPS) is 16.5. The average molecular weight is 423 g/mol. The lowest BCUT2D eigenvalue weighted by molar-refractivity contribution is 0.0293. The summed E-state index contributed by atoms with van der Waals surface area (Å²) >= 11 is 0. The molecule has 2 aromatic carbocycles. The minimum Gasteiger partial charge on any atom is -0.497 e. The Kier molecular flexibility index (Phi) is 5.76. The van der Waals surface area contributed by atoms with E-state index in [9.17, 15) is 4.79 Å². The zero-order chi connectivity index (χ0) is 22.0. The Bertz CT molecular complexity index is 1050. The molecule has 0 aliphatic carbocycles. The van der Waals surface area contributed by atoms with E-state index in [0.717, 1.165) is 34.7 Å². The highest BCUT2D eigenvalue weighted by Crippen LogP contribution is 2.25. The number of rotatable bonds is 5. The quantitative estimate of drug-likeness (QED) is 0.655. The van der Waals surface area contributed by atoms with Crippen LogP contribution in [0.2, 0.25) is 0 Å². The van der Waals surface area contributed by atoms with Crippen LogP contribution in [0.1, 0.15) is 32.8 Å². The number of benzene rings is 2. The molecule has 7 heteroatoms. The molecule has 1 amide bonds. The number of para-hydroxylation sites is 2. The molecule has 1 fully saturated rings. The van der Waals surface area contributed by atoms with Gasteiger partial charge in [0.05, 0.1) is 24.7 Å². The molecule has 1 N–H and O–H groups in total. The number of carbonyl (C=O) groups is 1. The van der Waals surface area contributed by atoms with Crippen molar-refractivity contribution in [2.75, 3.05) is 25.5 Å². The van der Waals surface area contributed by atoms with Gasteiger partial charge in [0.2, 0.25) is 5.95 Å². The van der Waals surface area contributed by atoms with Crippen molar-refractivity contribution in [3.8, 4) is 5.75 Å². The fraction of sp³-hybridized carbons (Fsp3) is 0.417. The third-order valence-electron chi connectivity index (χ3n) is 5.33. The van der Waals surface area contributed by atoms with E-state index in [-0.39, 0.29) is 12.1 Å². The third kappa shape index (κ3) is 4.93. The van der Waals surface area contributed by atoms with E-state index in [1.807, 2.05) is 51.1 Å². The molecule has 1 saturated heterocycles. The lowest BCUT2D eigenvalue weighted by Crippen LogP contribution is -2.36. The van der Waals surface area contributed by atoms with Gasteiger partial charge in [-0.3, -0.25) is 0 Å². The number of anilines is 1. The number of nitrogens with one attached hydrogen (secondary N) is 1. The summed E-state index contributed by atoms with van der Waals surface area (Å²) in [5.74, 6) is 1.65. The fourth-order valence-corrected chi connectivity index (χ4v) is 3.81. The lowest BCUT2D eigenvalue weighted by Gasteiger charge is -2.24. The minimum atomic E-state index is -0.491. The molecule has 0 radical (unpaired) electrons. The van der Waals surface area contributed by atoms with Crippen LogP contribution in [0.5, 0.6) is 5.75 Å². The Morgan fingerprint density at radius 2 is 1.90 bits per heavy atom. The van der Waals surface area contributed by atoms with Crippen LogP contribution >= 0.6 is 0 Å². The van der Waals surface area contributed by atoms with E-state index in [1.165, 1.54) is 0 Å². The Hall–Kier alpha value is -3.22. The molecule has 0 spiro atoms. The topological polar surface area (TPSA) is 68.6 Å². The summed E-state index contributed by atoms with van der Waals surface area (Å²) in [6.45, 7) is 7.62. The Balaban J connectivity index is 1.52. The van der Waals surface area contributed by atoms with Gasteiger partial charge in [-0.25, -0.2) is 9.78 Å². The number of carbonyl (C=O) groups excluding carboxylic acids is 1. The van der Waals surface area contributed by atoms with Gasteiger partial charge in [0.15, 0.2) is 0 Å². The van der Waals surface area contributed by atoms with Gasteiger partial charge in [0.1, 0.15) is 11.4 Å². The predicted octanol–water partition coefficient (Wildman–Crippen LogP) is 4.51. The number of likely N-dealkylation sites (tertiary alicyclic amines) is 1. The number of imidazole rings is 1. The SMILES string of the molecule is COc1ccc(Cn2c(N[C@H]3CCN(C(=O)OC(C)(C)C)C3)nc3ccccc32)cc1. The van der Waals surface area contributed by atoms with Gasteiger partial charge >= 0.3 is 6.09 Å². The molecule has 1 atom stereocenters. The molecular formula is C24H30N4O3. The molecule has 0 saturated carbocycles. The first-order valence-electron chi connectivity index (χ1n) is 10.6. The van der Waals surface area contributed by atoms with Crippen LogP contribution in [-0.4, -0.2) is 52.4 Å². The average Bonchev–Trinajstić information content (AvgIpc) is 3.33. The second-order valence-electron chi connectivity index (χ2n) is 8.91. The van der Waals surface area contributed by atoms with Crippen LogP contribution in [0, 0.1) is 0 Å². The second kappa shape index (κ2) is 8.49. The van der Waals surface area contributed by atoms with Gasteiger partial charge in [-0.05, 0) is 57.0 Å². The molecule has 164 valence electrons. The first kappa shape index (κ1) is 21.0. The summed E-state index contributed by atoms with van der Waals surface area (Å²) < 4.78 is 13.0. The third-order valence-corrected chi connectivity index (χ3v) is 5.33. The molecule has 0 bridgehead atoms. The summed E-state index contributed by atoms with van der Waals surface area (Å²) in [6.07, 6.45) is 0.592. The van der Waals surface area contributed by atoms with Gasteiger partial charge in [-0.2, -0.15) is 0 Å². The van der Waals surface area contributed by atoms with Gasteiger partial charge < -0.3 is 24.3 Å². The van der Waals surface area contributed by atoms with Crippen molar-refractivity contribution in [3.63, 3.8) is 0 Å². The standard InChI is InChI=1S/C24H30N4O3/c1-24(2,3)31-23(29)27-14-13-18(16-27)25-22-26-20-7-5-6-8-21(20)28(22)15-17-9-11-19(30-4)12-10-17/h5-12,18H,13-16H2,1-4H3,(H,25,26)/t18-/m0/s1. The van der Waals surface area contributed by atoms with Crippen molar-refractivity contribution < 1.29 is 14.3 Å². The van der Waals surface area contributed by atoms with Crippen LogP contribution in [-0.2, 0) is 11.3 Å². The molecule has 3 aromatic rings. The number of hydrogen-bond donors (Lipinski definition) is 1. The smallest absolute Gasteiger partial charge is 0.410 e. The van der Waals surface area contributed by atoms with E-state index in [0.29, 0.717) is 19.6 Å². The van der Waals surface area contributed by atoms with Gasteiger partial charge in [0, 0.05) is 19.1 Å². The summed E-state index contributed by atoms with van der Waals surface area (Å²) in [7, 11) is 1.67. The van der Waals surface area contributed by atoms with Crippen LogP contribution in [0.4, 0.5) is 10.7 Å². The number of ether oxygens (including phenoxy) is 2. The number of amides is 1. The van der Waals surface area contributed by atoms with Crippen LogP contribution in [0.25, 0.3) is 11.0 Å². The summed E-state index contributed by atoms with van der Waals surface area (Å²) in [5, 5.41) is 3.57. The minimum absolute atomic E-state index is 0.124. The van der Waals surface area contributed by atoms with Crippen molar-refractivity contribution in [2.24, 2.45) is 0 Å². The van der Waals surface area contributed by atoms with Gasteiger partial charge in [-0.1, -0.05) is 24.3 Å². The maximum absolute atomic E-state index is 12.4. The largest absolute Gasteiger partial charge is 0.497 e. The van der Waals surface area contributed by atoms with Crippen molar-refractivity contribution in [2.45, 2.75) is 45.4 Å². The number of aromatic nitrogens is 2. The van der Waals surface area contributed by atoms with E-state index < -0.39 is 5.60 Å². The van der Waals surface area contributed by atoms with Crippen molar-refractivity contribution in [1.29, 1.82) is 0 Å². The van der Waals surface area contributed by atoms with Gasteiger partial charge in [-0.15, -0.1) is 0 Å². The Morgan fingerprint density at radius 3 is 2.61 bits per heavy atom. The highest BCUT2D eigenvalue weighted by Gasteiger charge is 2.30. The van der Waals surface area contributed by atoms with Crippen molar-refractivity contribution in [3.05, 3.63) is 54.1 Å². The molecule has 0 unspecified atom stereocenters. The maximum Gasteiger partial charge on any atom is 0.410 e. The molecule has 2 heterocycles. The molecule has 31 heavy (non-hydrogen) atoms. The van der Waals surface area contributed by atoms with E-state index in [4.69, 9.17) is 14.5 Å². The molecule has 1 aliphatic rings. The zero-order valence-corrected chi connectivity index (χ0v) is 18.6. The Labute approximate surface area is 183 Å². The second-order valence-corrected chi connectivity index (χ2v) is 8.91. The summed E-state index contributed by atoms with van der Waals surface area (Å²) in [4.78, 5) is 19.0. The first-order valence-corrected chi connectivity index (χ1v) is 10.6. The predicted molar refractivity (Wildman–Crippen MR) is 122 cm³/mol. The molecular weight excluding hydrogens is 392 g/mol. The number of hydrogen-bond acceptors (Lipinski definition) is 5. The number of nitrogens with zero attached hydrogens (tertiary/aromatic N) is 3. The monoisotopic (exact) mass is 422 g/mol. The molecule has 7 nitrogen and oxygen atoms in total. The fourth-order valence-electron chi connectivity index (χ4n) is 3.81. The number of methoxy groups -OCH3 is 1. The first-order chi connectivity index (χ1) is 14.8. The van der Waals surface area contributed by atoms with Crippen LogP contribution in [0.15, 0.2) is 48.5 Å². The van der Waals surface area contributed by atoms with Crippen molar-refractivity contribution in [1.82, 2.24) is 14.5 Å². The van der Waals surface area contributed by atoms with Crippen LogP contribution in [0.3, 0.4) is 0 Å². The van der Waals surface area contributed by atoms with E-state index >= 15 is 0 Å². The van der Waals surface area contributed by atoms with Gasteiger partial charge in [0.25, 0.3) is 0 Å². The van der Waals surface area contributed by atoms with E-state index in [1.54, 1.807) is 12.0 Å². The highest BCUT2D eigenvalue weighted by atomic mass is 16.6. The molecule has 1 aromatic heterocycles. The lowest BCUT2D eigenvalue weighted by atomic mass is 10.2. The van der Waals surface area contributed by atoms with Crippen LogP contribution < -0.4 is 10.1 Å². The highest BCUT2D eigenvalue weighted by molar-refractivity contribution is 5.79. The number of fused-ring (bicyclic) bond motifs is 1. The molecule has 4 rings (SSSR count). The Morgan fingerprint density at radius 1 is 1.16 bits per heavy atom. The maximum atomic E-state index is 12.4. The van der Waals surface area contributed by atoms with Crippen molar-refractivity contribution >= 4 is 23.1 Å².